The smallest absolute Gasteiger partial charge is 0.334 e. The van der Waals surface area contributed by atoms with Gasteiger partial charge >= 0.3 is 12.1 Å². The lowest BCUT2D eigenvalue weighted by Crippen LogP contribution is -2.87. The third-order valence-corrected chi connectivity index (χ3v) is 6.00. The first-order valence-corrected chi connectivity index (χ1v) is 10.2. The van der Waals surface area contributed by atoms with Crippen molar-refractivity contribution in [3.63, 3.8) is 0 Å². The van der Waals surface area contributed by atoms with Gasteiger partial charge in [-0.25, -0.2) is 15.0 Å². The van der Waals surface area contributed by atoms with Gasteiger partial charge < -0.3 is 10.6 Å². The molecule has 0 aliphatic carbocycles. The number of aryl methyl sites for hydroxylation is 1. The van der Waals surface area contributed by atoms with E-state index in [0.717, 1.165) is 29.8 Å². The van der Waals surface area contributed by atoms with Gasteiger partial charge in [0.25, 0.3) is 0 Å². The van der Waals surface area contributed by atoms with Crippen molar-refractivity contribution in [2.45, 2.75) is 71.1 Å². The average molecular weight is 408 g/mol. The minimum absolute atomic E-state index is 0.0776. The standard InChI is InChI=1S/C20H30ClN5O2/c1-13(2)12-19(4)20(5)23-18(28)25(26(20)24-19)17(27)22-14(3)6-7-15-8-10-16(21)11-9-15/h8-11,13-14,24H,6-7,12H2,1-5H3,(H,22,27)(H,23,28). The molecule has 0 spiro atoms. The number of urea groups is 2. The number of fused-ring (bicyclic) bond motifs is 1. The Morgan fingerprint density at radius 3 is 2.46 bits per heavy atom. The number of benzene rings is 1. The van der Waals surface area contributed by atoms with E-state index in [2.05, 4.69) is 36.8 Å². The van der Waals surface area contributed by atoms with Crippen LogP contribution in [0.2, 0.25) is 5.02 Å². The zero-order chi connectivity index (χ0) is 20.7. The molecule has 2 aliphatic rings. The van der Waals surface area contributed by atoms with Gasteiger partial charge in [0.05, 0.1) is 5.54 Å². The molecule has 7 nitrogen and oxygen atoms in total. The van der Waals surface area contributed by atoms with E-state index in [1.165, 1.54) is 0 Å². The van der Waals surface area contributed by atoms with Gasteiger partial charge in [-0.2, -0.15) is 5.01 Å². The van der Waals surface area contributed by atoms with Crippen molar-refractivity contribution in [1.82, 2.24) is 26.2 Å². The van der Waals surface area contributed by atoms with Crippen molar-refractivity contribution < 1.29 is 9.59 Å². The van der Waals surface area contributed by atoms with Crippen LogP contribution in [0.4, 0.5) is 9.59 Å². The van der Waals surface area contributed by atoms with E-state index < -0.39 is 17.7 Å². The maximum atomic E-state index is 12.7. The van der Waals surface area contributed by atoms with Crippen molar-refractivity contribution in [2.24, 2.45) is 5.92 Å². The average Bonchev–Trinajstić information content (AvgIpc) is 2.81. The Balaban J connectivity index is 1.57. The zero-order valence-electron chi connectivity index (χ0n) is 17.2. The molecule has 3 atom stereocenters. The van der Waals surface area contributed by atoms with E-state index in [0.29, 0.717) is 10.9 Å². The molecule has 4 amide bonds. The SMILES string of the molecule is CC(C)CC1(C)NN2N(C(=O)NC(C)CCc3ccc(Cl)cc3)C(=O)NC21C. The number of rotatable bonds is 6. The van der Waals surface area contributed by atoms with Gasteiger partial charge in [0.1, 0.15) is 5.66 Å². The van der Waals surface area contributed by atoms with Crippen molar-refractivity contribution in [3.05, 3.63) is 34.9 Å². The highest BCUT2D eigenvalue weighted by Crippen LogP contribution is 2.43. The molecule has 154 valence electrons. The van der Waals surface area contributed by atoms with Crippen LogP contribution < -0.4 is 16.1 Å². The summed E-state index contributed by atoms with van der Waals surface area (Å²) in [6, 6.07) is 6.77. The molecule has 28 heavy (non-hydrogen) atoms. The van der Waals surface area contributed by atoms with E-state index >= 15 is 0 Å². The highest BCUT2D eigenvalue weighted by molar-refractivity contribution is 6.30. The molecule has 8 heteroatoms. The van der Waals surface area contributed by atoms with Gasteiger partial charge in [-0.15, -0.1) is 5.12 Å². The van der Waals surface area contributed by atoms with Gasteiger partial charge in [-0.1, -0.05) is 37.6 Å². The molecule has 0 bridgehead atoms. The molecule has 2 aliphatic heterocycles. The fourth-order valence-corrected chi connectivity index (χ4v) is 4.18. The normalized spacial score (nSPS) is 28.0. The quantitative estimate of drug-likeness (QED) is 0.672. The Hall–Kier alpha value is -1.83. The molecule has 0 saturated carbocycles. The summed E-state index contributed by atoms with van der Waals surface area (Å²) in [6.45, 7) is 10.2. The lowest BCUT2D eigenvalue weighted by atomic mass is 9.77. The van der Waals surface area contributed by atoms with Gasteiger partial charge in [-0.05, 0) is 63.6 Å². The largest absolute Gasteiger partial charge is 0.343 e. The molecular weight excluding hydrogens is 378 g/mol. The second-order valence-corrected chi connectivity index (χ2v) is 9.12. The van der Waals surface area contributed by atoms with Gasteiger partial charge in [0, 0.05) is 11.1 Å². The van der Waals surface area contributed by atoms with Crippen LogP contribution in [0.15, 0.2) is 24.3 Å². The molecule has 3 N–H and O–H groups in total. The number of amides is 4. The van der Waals surface area contributed by atoms with Crippen LogP contribution in [0.25, 0.3) is 0 Å². The summed E-state index contributed by atoms with van der Waals surface area (Å²) in [5.74, 6) is 0.462. The molecule has 2 heterocycles. The first-order valence-electron chi connectivity index (χ1n) is 9.81. The summed E-state index contributed by atoms with van der Waals surface area (Å²) in [5.41, 5.74) is 3.52. The summed E-state index contributed by atoms with van der Waals surface area (Å²) < 4.78 is 0. The fraction of sp³-hybridized carbons (Fsp3) is 0.600. The second-order valence-electron chi connectivity index (χ2n) is 8.68. The summed E-state index contributed by atoms with van der Waals surface area (Å²) in [6.07, 6.45) is 2.46. The van der Waals surface area contributed by atoms with E-state index in [9.17, 15) is 9.59 Å². The van der Waals surface area contributed by atoms with Crippen LogP contribution in [-0.2, 0) is 6.42 Å². The lowest BCUT2D eigenvalue weighted by molar-refractivity contribution is -0.221. The number of carbonyl (C=O) groups is 2. The van der Waals surface area contributed by atoms with Crippen LogP contribution in [0.3, 0.4) is 0 Å². The number of hydrogen-bond acceptors (Lipinski definition) is 4. The van der Waals surface area contributed by atoms with Gasteiger partial charge in [-0.3, -0.25) is 0 Å². The Morgan fingerprint density at radius 1 is 1.21 bits per heavy atom. The summed E-state index contributed by atoms with van der Waals surface area (Å²) in [4.78, 5) is 25.3. The number of imide groups is 1. The zero-order valence-corrected chi connectivity index (χ0v) is 17.9. The van der Waals surface area contributed by atoms with Crippen molar-refractivity contribution in [2.75, 3.05) is 0 Å². The third kappa shape index (κ3) is 3.71. The van der Waals surface area contributed by atoms with E-state index in [1.807, 2.05) is 38.1 Å². The summed E-state index contributed by atoms with van der Waals surface area (Å²) in [7, 11) is 0. The minimum atomic E-state index is -0.627. The monoisotopic (exact) mass is 407 g/mol. The number of hydrogen-bond donors (Lipinski definition) is 3. The first kappa shape index (κ1) is 20.9. The lowest BCUT2D eigenvalue weighted by Gasteiger charge is -2.60. The van der Waals surface area contributed by atoms with Gasteiger partial charge in [0.15, 0.2) is 0 Å². The number of carbonyl (C=O) groups excluding carboxylic acids is 2. The van der Waals surface area contributed by atoms with E-state index in [1.54, 1.807) is 5.12 Å². The number of nitrogens with one attached hydrogen (secondary N) is 3. The molecule has 3 rings (SSSR count). The topological polar surface area (TPSA) is 76.7 Å². The van der Waals surface area contributed by atoms with Crippen molar-refractivity contribution >= 4 is 23.7 Å². The number of nitrogens with zero attached hydrogens (tertiary/aromatic N) is 2. The highest BCUT2D eigenvalue weighted by Gasteiger charge is 2.68. The van der Waals surface area contributed by atoms with Crippen LogP contribution in [-0.4, -0.2) is 39.4 Å². The second kappa shape index (κ2) is 7.54. The van der Waals surface area contributed by atoms with Crippen LogP contribution in [0.1, 0.15) is 53.0 Å². The number of hydrazine groups is 2. The van der Waals surface area contributed by atoms with Crippen LogP contribution in [0, 0.1) is 5.92 Å². The maximum absolute atomic E-state index is 12.7. The van der Waals surface area contributed by atoms with Gasteiger partial charge in [0.2, 0.25) is 0 Å². The molecular formula is C20H30ClN5O2. The first-order chi connectivity index (χ1) is 13.1. The minimum Gasteiger partial charge on any atom is -0.334 e. The maximum Gasteiger partial charge on any atom is 0.343 e. The summed E-state index contributed by atoms with van der Waals surface area (Å²) in [5, 5.41) is 9.34. The molecule has 3 unspecified atom stereocenters. The Morgan fingerprint density at radius 2 is 1.86 bits per heavy atom. The van der Waals surface area contributed by atoms with E-state index in [-0.39, 0.29) is 11.6 Å². The predicted octanol–water partition coefficient (Wildman–Crippen LogP) is 3.65. The van der Waals surface area contributed by atoms with Crippen LogP contribution >= 0.6 is 11.6 Å². The van der Waals surface area contributed by atoms with Crippen LogP contribution in [0.5, 0.6) is 0 Å². The molecule has 2 fully saturated rings. The third-order valence-electron chi connectivity index (χ3n) is 5.75. The number of halogens is 1. The molecule has 0 aromatic heterocycles. The molecule has 1 aromatic rings. The fourth-order valence-electron chi connectivity index (χ4n) is 4.05. The molecule has 2 saturated heterocycles. The Labute approximate surface area is 171 Å². The predicted molar refractivity (Wildman–Crippen MR) is 109 cm³/mol. The van der Waals surface area contributed by atoms with Crippen molar-refractivity contribution in [3.8, 4) is 0 Å². The van der Waals surface area contributed by atoms with E-state index in [4.69, 9.17) is 11.6 Å². The molecule has 0 radical (unpaired) electrons. The Bertz CT molecular complexity index is 755. The summed E-state index contributed by atoms with van der Waals surface area (Å²) >= 11 is 5.91. The molecule has 1 aromatic carbocycles. The van der Waals surface area contributed by atoms with Crippen molar-refractivity contribution in [1.29, 1.82) is 0 Å². The Kier molecular flexibility index (Phi) is 5.62. The highest BCUT2D eigenvalue weighted by atomic mass is 35.5.